The first kappa shape index (κ1) is 17.1. The molecule has 1 aromatic carbocycles. The van der Waals surface area contributed by atoms with Crippen LogP contribution in [0, 0.1) is 5.92 Å². The van der Waals surface area contributed by atoms with Gasteiger partial charge in [-0.3, -0.25) is 4.79 Å². The van der Waals surface area contributed by atoms with Gasteiger partial charge in [-0.15, -0.1) is 11.3 Å². The Morgan fingerprint density at radius 2 is 2.09 bits per heavy atom. The topological polar surface area (TPSA) is 72.5 Å². The Morgan fingerprint density at radius 3 is 2.74 bits per heavy atom. The molecule has 0 atom stereocenters. The second-order valence-corrected chi connectivity index (χ2v) is 6.19. The van der Waals surface area contributed by atoms with Crippen molar-refractivity contribution in [2.45, 2.75) is 13.8 Å². The quantitative estimate of drug-likeness (QED) is 0.812. The Hall–Kier alpha value is -2.28. The fraction of sp³-hybridized carbons (Fsp3) is 0.375. The Kier molecular flexibility index (Phi) is 5.81. The van der Waals surface area contributed by atoms with Gasteiger partial charge in [-0.1, -0.05) is 13.8 Å². The number of carbonyl (C=O) groups excluding carboxylic acids is 1. The summed E-state index contributed by atoms with van der Waals surface area (Å²) in [6.45, 7) is 4.72. The number of hydrogen-bond donors (Lipinski definition) is 2. The second kappa shape index (κ2) is 7.82. The van der Waals surface area contributed by atoms with E-state index < -0.39 is 0 Å². The molecule has 124 valence electrons. The largest absolute Gasteiger partial charge is 0.497 e. The number of nitrogens with one attached hydrogen (secondary N) is 2. The van der Waals surface area contributed by atoms with Crippen LogP contribution in [0.25, 0.3) is 0 Å². The lowest BCUT2D eigenvalue weighted by atomic mass is 10.2. The molecule has 0 bridgehead atoms. The van der Waals surface area contributed by atoms with Crippen LogP contribution in [0.2, 0.25) is 0 Å². The first-order chi connectivity index (χ1) is 11.0. The maximum Gasteiger partial charge on any atom is 0.270 e. The van der Waals surface area contributed by atoms with Crippen molar-refractivity contribution in [3.8, 4) is 11.5 Å². The van der Waals surface area contributed by atoms with Crippen molar-refractivity contribution in [1.29, 1.82) is 0 Å². The monoisotopic (exact) mass is 335 g/mol. The molecule has 0 radical (unpaired) electrons. The first-order valence-corrected chi connectivity index (χ1v) is 8.14. The molecule has 0 aliphatic carbocycles. The van der Waals surface area contributed by atoms with Crippen molar-refractivity contribution in [1.82, 2.24) is 10.3 Å². The average molecular weight is 335 g/mol. The number of hydrogen-bond acceptors (Lipinski definition) is 6. The average Bonchev–Trinajstić information content (AvgIpc) is 3.01. The van der Waals surface area contributed by atoms with Gasteiger partial charge in [-0.05, 0) is 18.1 Å². The molecule has 1 heterocycles. The summed E-state index contributed by atoms with van der Waals surface area (Å²) in [4.78, 5) is 16.3. The highest BCUT2D eigenvalue weighted by Crippen LogP contribution is 2.32. The normalized spacial score (nSPS) is 10.5. The molecule has 1 amide bonds. The Morgan fingerprint density at radius 1 is 1.30 bits per heavy atom. The molecule has 0 aliphatic rings. The van der Waals surface area contributed by atoms with Gasteiger partial charge in [0.25, 0.3) is 5.91 Å². The third kappa shape index (κ3) is 4.59. The maximum absolute atomic E-state index is 12.0. The van der Waals surface area contributed by atoms with Crippen LogP contribution in [-0.2, 0) is 0 Å². The molecular formula is C16H21N3O3S. The van der Waals surface area contributed by atoms with E-state index in [1.807, 2.05) is 26.0 Å². The van der Waals surface area contributed by atoms with E-state index in [0.29, 0.717) is 34.8 Å². The number of ether oxygens (including phenoxy) is 2. The molecule has 7 heteroatoms. The van der Waals surface area contributed by atoms with Crippen LogP contribution in [0.1, 0.15) is 24.3 Å². The predicted octanol–water partition coefficient (Wildman–Crippen LogP) is 3.29. The summed E-state index contributed by atoms with van der Waals surface area (Å²) in [6.07, 6.45) is 0. The molecule has 0 aliphatic heterocycles. The number of carbonyl (C=O) groups is 1. The molecule has 0 unspecified atom stereocenters. The molecule has 0 saturated heterocycles. The lowest BCUT2D eigenvalue weighted by Gasteiger charge is -2.10. The van der Waals surface area contributed by atoms with Crippen molar-refractivity contribution in [2.24, 2.45) is 5.92 Å². The van der Waals surface area contributed by atoms with E-state index in [1.165, 1.54) is 11.3 Å². The van der Waals surface area contributed by atoms with Gasteiger partial charge in [0.05, 0.1) is 19.9 Å². The highest BCUT2D eigenvalue weighted by Gasteiger charge is 2.12. The zero-order valence-electron chi connectivity index (χ0n) is 13.7. The van der Waals surface area contributed by atoms with Crippen molar-refractivity contribution >= 4 is 28.1 Å². The Bertz CT molecular complexity index is 670. The molecule has 0 spiro atoms. The Labute approximate surface area is 139 Å². The van der Waals surface area contributed by atoms with Gasteiger partial charge < -0.3 is 20.1 Å². The van der Waals surface area contributed by atoms with E-state index in [9.17, 15) is 4.79 Å². The minimum Gasteiger partial charge on any atom is -0.497 e. The number of thiazole rings is 1. The lowest BCUT2D eigenvalue weighted by Crippen LogP contribution is -2.27. The number of rotatable bonds is 7. The predicted molar refractivity (Wildman–Crippen MR) is 92.1 cm³/mol. The number of nitrogens with zero attached hydrogens (tertiary/aromatic N) is 1. The fourth-order valence-corrected chi connectivity index (χ4v) is 2.54. The minimum atomic E-state index is -0.162. The number of aromatic nitrogens is 1. The van der Waals surface area contributed by atoms with Crippen LogP contribution >= 0.6 is 11.3 Å². The zero-order valence-corrected chi connectivity index (χ0v) is 14.5. The van der Waals surface area contributed by atoms with Gasteiger partial charge in [-0.2, -0.15) is 0 Å². The molecule has 1 aromatic heterocycles. The van der Waals surface area contributed by atoms with Crippen LogP contribution in [0.3, 0.4) is 0 Å². The SMILES string of the molecule is COc1ccc(Nc2nc(C(=O)NCC(C)C)cs2)c(OC)c1. The van der Waals surface area contributed by atoms with Crippen molar-refractivity contribution in [3.05, 3.63) is 29.3 Å². The van der Waals surface area contributed by atoms with Gasteiger partial charge in [-0.25, -0.2) is 4.98 Å². The van der Waals surface area contributed by atoms with E-state index in [0.717, 1.165) is 5.69 Å². The van der Waals surface area contributed by atoms with E-state index >= 15 is 0 Å². The Balaban J connectivity index is 2.08. The molecular weight excluding hydrogens is 314 g/mol. The molecule has 6 nitrogen and oxygen atoms in total. The number of amides is 1. The highest BCUT2D eigenvalue weighted by molar-refractivity contribution is 7.14. The molecule has 2 N–H and O–H groups in total. The smallest absolute Gasteiger partial charge is 0.270 e. The van der Waals surface area contributed by atoms with Gasteiger partial charge >= 0.3 is 0 Å². The number of benzene rings is 1. The van der Waals surface area contributed by atoms with Crippen LogP contribution in [-0.4, -0.2) is 31.7 Å². The number of methoxy groups -OCH3 is 2. The van der Waals surface area contributed by atoms with Gasteiger partial charge in [0.1, 0.15) is 17.2 Å². The summed E-state index contributed by atoms with van der Waals surface area (Å²) >= 11 is 1.37. The van der Waals surface area contributed by atoms with Gasteiger partial charge in [0, 0.05) is 18.0 Å². The number of anilines is 2. The van der Waals surface area contributed by atoms with E-state index in [1.54, 1.807) is 25.7 Å². The van der Waals surface area contributed by atoms with Gasteiger partial charge in [0.15, 0.2) is 5.13 Å². The summed E-state index contributed by atoms with van der Waals surface area (Å²) in [5.74, 6) is 1.59. The molecule has 0 fully saturated rings. The molecule has 2 aromatic rings. The minimum absolute atomic E-state index is 0.162. The zero-order chi connectivity index (χ0) is 16.8. The molecule has 2 rings (SSSR count). The van der Waals surface area contributed by atoms with Crippen LogP contribution in [0.15, 0.2) is 23.6 Å². The summed E-state index contributed by atoms with van der Waals surface area (Å²) in [6, 6.07) is 5.46. The van der Waals surface area contributed by atoms with E-state index in [-0.39, 0.29) is 5.91 Å². The summed E-state index contributed by atoms with van der Waals surface area (Å²) in [5.41, 5.74) is 1.17. The van der Waals surface area contributed by atoms with Crippen LogP contribution in [0.5, 0.6) is 11.5 Å². The summed E-state index contributed by atoms with van der Waals surface area (Å²) < 4.78 is 10.5. The summed E-state index contributed by atoms with van der Waals surface area (Å²) in [5, 5.41) is 8.37. The van der Waals surface area contributed by atoms with Gasteiger partial charge in [0.2, 0.25) is 0 Å². The second-order valence-electron chi connectivity index (χ2n) is 5.33. The standard InChI is InChI=1S/C16H21N3O3S/c1-10(2)8-17-15(20)13-9-23-16(19-13)18-12-6-5-11(21-3)7-14(12)22-4/h5-7,9-10H,8H2,1-4H3,(H,17,20)(H,18,19). The molecule has 23 heavy (non-hydrogen) atoms. The van der Waals surface area contributed by atoms with Crippen molar-refractivity contribution < 1.29 is 14.3 Å². The van der Waals surface area contributed by atoms with Crippen molar-refractivity contribution in [2.75, 3.05) is 26.1 Å². The third-order valence-electron chi connectivity index (χ3n) is 3.06. The highest BCUT2D eigenvalue weighted by atomic mass is 32.1. The van der Waals surface area contributed by atoms with E-state index in [2.05, 4.69) is 15.6 Å². The fourth-order valence-electron chi connectivity index (χ4n) is 1.84. The maximum atomic E-state index is 12.0. The van der Waals surface area contributed by atoms with Crippen LogP contribution in [0.4, 0.5) is 10.8 Å². The van der Waals surface area contributed by atoms with Crippen LogP contribution < -0.4 is 20.1 Å². The lowest BCUT2D eigenvalue weighted by molar-refractivity contribution is 0.0945. The van der Waals surface area contributed by atoms with Crippen molar-refractivity contribution in [3.63, 3.8) is 0 Å². The third-order valence-corrected chi connectivity index (χ3v) is 3.82. The van der Waals surface area contributed by atoms with E-state index in [4.69, 9.17) is 9.47 Å². The summed E-state index contributed by atoms with van der Waals surface area (Å²) in [7, 11) is 3.19. The molecule has 0 saturated carbocycles. The first-order valence-electron chi connectivity index (χ1n) is 7.26.